The maximum absolute atomic E-state index is 3.49. The summed E-state index contributed by atoms with van der Waals surface area (Å²) in [5.74, 6) is 0.784. The summed E-state index contributed by atoms with van der Waals surface area (Å²) in [6.45, 7) is 7.16. The van der Waals surface area contributed by atoms with Gasteiger partial charge >= 0.3 is 0 Å². The lowest BCUT2D eigenvalue weighted by molar-refractivity contribution is 0.200. The van der Waals surface area contributed by atoms with Gasteiger partial charge in [0.1, 0.15) is 0 Å². The largest absolute Gasteiger partial charge is 0.315 e. The molecule has 1 heterocycles. The molecule has 0 aromatic heterocycles. The number of benzene rings is 1. The van der Waals surface area contributed by atoms with Gasteiger partial charge in [-0.05, 0) is 37.4 Å². The normalized spacial score (nSPS) is 29.2. The Hall–Kier alpha value is -0.860. The number of nitrogens with one attached hydrogen (secondary N) is 1. The van der Waals surface area contributed by atoms with Crippen molar-refractivity contribution in [1.29, 1.82) is 0 Å². The second-order valence-electron chi connectivity index (χ2n) is 5.48. The first-order valence-electron chi connectivity index (χ1n) is 6.87. The lowest BCUT2D eigenvalue weighted by Gasteiger charge is -2.36. The molecule has 1 N–H and O–H groups in total. The zero-order valence-electron chi connectivity index (χ0n) is 10.7. The van der Waals surface area contributed by atoms with Crippen molar-refractivity contribution in [2.24, 2.45) is 0 Å². The predicted octanol–water partition coefficient (Wildman–Crippen LogP) is 2.01. The summed E-state index contributed by atoms with van der Waals surface area (Å²) in [6.07, 6.45) is 2.57. The quantitative estimate of drug-likeness (QED) is 0.836. The highest BCUT2D eigenvalue weighted by Gasteiger charge is 2.28. The van der Waals surface area contributed by atoms with Crippen LogP contribution >= 0.6 is 0 Å². The van der Waals surface area contributed by atoms with E-state index in [9.17, 15) is 0 Å². The molecule has 0 saturated carbocycles. The topological polar surface area (TPSA) is 15.3 Å². The first kappa shape index (κ1) is 11.2. The molecule has 3 rings (SSSR count). The van der Waals surface area contributed by atoms with Crippen molar-refractivity contribution in [3.63, 3.8) is 0 Å². The molecule has 0 radical (unpaired) electrons. The summed E-state index contributed by atoms with van der Waals surface area (Å²) >= 11 is 0. The van der Waals surface area contributed by atoms with Gasteiger partial charge in [-0.1, -0.05) is 24.3 Å². The molecule has 0 bridgehead atoms. The summed E-state index contributed by atoms with van der Waals surface area (Å²) in [5.41, 5.74) is 3.16. The zero-order chi connectivity index (χ0) is 11.7. The predicted molar refractivity (Wildman–Crippen MR) is 71.4 cm³/mol. The molecule has 1 aliphatic carbocycles. The highest BCUT2D eigenvalue weighted by molar-refractivity contribution is 5.40. The third kappa shape index (κ3) is 2.24. The molecular formula is C15H22N2. The number of rotatable bonds is 2. The van der Waals surface area contributed by atoms with Gasteiger partial charge in [0.15, 0.2) is 0 Å². The zero-order valence-corrected chi connectivity index (χ0v) is 10.7. The van der Waals surface area contributed by atoms with Crippen LogP contribution in [-0.2, 0) is 6.42 Å². The van der Waals surface area contributed by atoms with Crippen LogP contribution in [-0.4, -0.2) is 37.1 Å². The van der Waals surface area contributed by atoms with Crippen molar-refractivity contribution in [1.82, 2.24) is 10.2 Å². The fourth-order valence-corrected chi connectivity index (χ4v) is 3.14. The molecule has 1 aromatic rings. The van der Waals surface area contributed by atoms with Crippen LogP contribution < -0.4 is 5.32 Å². The molecule has 92 valence electrons. The summed E-state index contributed by atoms with van der Waals surface area (Å²) in [4.78, 5) is 2.67. The van der Waals surface area contributed by atoms with Crippen LogP contribution in [0.15, 0.2) is 24.3 Å². The number of nitrogens with zero attached hydrogens (tertiary/aromatic N) is 1. The van der Waals surface area contributed by atoms with Gasteiger partial charge in [0.2, 0.25) is 0 Å². The molecule has 1 saturated heterocycles. The number of fused-ring (bicyclic) bond motifs is 1. The van der Waals surface area contributed by atoms with E-state index in [2.05, 4.69) is 41.4 Å². The molecule has 1 fully saturated rings. The van der Waals surface area contributed by atoms with Crippen molar-refractivity contribution in [2.75, 3.05) is 26.2 Å². The summed E-state index contributed by atoms with van der Waals surface area (Å²) < 4.78 is 0. The minimum absolute atomic E-state index is 0.734. The highest BCUT2D eigenvalue weighted by Crippen LogP contribution is 2.35. The van der Waals surface area contributed by atoms with Crippen LogP contribution in [0.2, 0.25) is 0 Å². The monoisotopic (exact) mass is 230 g/mol. The first-order chi connectivity index (χ1) is 8.34. The molecule has 2 heteroatoms. The average molecular weight is 230 g/mol. The van der Waals surface area contributed by atoms with Crippen molar-refractivity contribution < 1.29 is 0 Å². The first-order valence-corrected chi connectivity index (χ1v) is 6.87. The Balaban J connectivity index is 1.64. The van der Waals surface area contributed by atoms with Gasteiger partial charge < -0.3 is 5.32 Å². The summed E-state index contributed by atoms with van der Waals surface area (Å²) in [5, 5.41) is 3.49. The van der Waals surface area contributed by atoms with Gasteiger partial charge in [-0.15, -0.1) is 0 Å². The molecule has 1 aliphatic heterocycles. The second-order valence-corrected chi connectivity index (χ2v) is 5.48. The van der Waals surface area contributed by atoms with Crippen LogP contribution in [0.3, 0.4) is 0 Å². The lowest BCUT2D eigenvalue weighted by atomic mass is 9.77. The van der Waals surface area contributed by atoms with E-state index in [0.717, 1.165) is 18.5 Å². The van der Waals surface area contributed by atoms with Gasteiger partial charge in [-0.3, -0.25) is 4.90 Å². The van der Waals surface area contributed by atoms with Crippen LogP contribution in [0.25, 0.3) is 0 Å². The van der Waals surface area contributed by atoms with Gasteiger partial charge in [0.25, 0.3) is 0 Å². The molecule has 1 aromatic carbocycles. The number of hydrogen-bond donors (Lipinski definition) is 1. The van der Waals surface area contributed by atoms with Crippen LogP contribution in [0.4, 0.5) is 0 Å². The Morgan fingerprint density at radius 2 is 2.18 bits per heavy atom. The van der Waals surface area contributed by atoms with Gasteiger partial charge in [0.05, 0.1) is 0 Å². The van der Waals surface area contributed by atoms with E-state index in [1.807, 2.05) is 0 Å². The van der Waals surface area contributed by atoms with Gasteiger partial charge in [-0.2, -0.15) is 0 Å². The molecule has 2 nitrogen and oxygen atoms in total. The number of hydrogen-bond acceptors (Lipinski definition) is 2. The Bertz CT molecular complexity index is 388. The SMILES string of the molecule is CC1CCNCCN1CC1Cc2ccccc21. The molecule has 2 atom stereocenters. The Morgan fingerprint density at radius 1 is 1.29 bits per heavy atom. The average Bonchev–Trinajstić information content (AvgIpc) is 2.51. The highest BCUT2D eigenvalue weighted by atomic mass is 15.2. The smallest absolute Gasteiger partial charge is 0.0110 e. The molecule has 2 aliphatic rings. The van der Waals surface area contributed by atoms with Crippen molar-refractivity contribution in [2.45, 2.75) is 31.7 Å². The van der Waals surface area contributed by atoms with E-state index in [-0.39, 0.29) is 0 Å². The van der Waals surface area contributed by atoms with Crippen LogP contribution in [0.5, 0.6) is 0 Å². The van der Waals surface area contributed by atoms with Gasteiger partial charge in [-0.25, -0.2) is 0 Å². The third-order valence-electron chi connectivity index (χ3n) is 4.35. The lowest BCUT2D eigenvalue weighted by Crippen LogP contribution is -2.40. The molecular weight excluding hydrogens is 208 g/mol. The van der Waals surface area contributed by atoms with E-state index < -0.39 is 0 Å². The van der Waals surface area contributed by atoms with E-state index in [4.69, 9.17) is 0 Å². The Labute approximate surface area is 104 Å². The van der Waals surface area contributed by atoms with E-state index in [1.54, 1.807) is 11.1 Å². The molecule has 0 amide bonds. The van der Waals surface area contributed by atoms with Crippen molar-refractivity contribution in [3.8, 4) is 0 Å². The second kappa shape index (κ2) is 4.79. The molecule has 17 heavy (non-hydrogen) atoms. The molecule has 0 spiro atoms. The fourth-order valence-electron chi connectivity index (χ4n) is 3.14. The minimum Gasteiger partial charge on any atom is -0.315 e. The van der Waals surface area contributed by atoms with Gasteiger partial charge in [0, 0.05) is 31.6 Å². The fraction of sp³-hybridized carbons (Fsp3) is 0.600. The maximum atomic E-state index is 3.49. The summed E-state index contributed by atoms with van der Waals surface area (Å²) in [7, 11) is 0. The Morgan fingerprint density at radius 3 is 3.06 bits per heavy atom. The van der Waals surface area contributed by atoms with Crippen molar-refractivity contribution >= 4 is 0 Å². The van der Waals surface area contributed by atoms with Crippen molar-refractivity contribution in [3.05, 3.63) is 35.4 Å². The van der Waals surface area contributed by atoms with Crippen LogP contribution in [0, 0.1) is 0 Å². The molecule has 2 unspecified atom stereocenters. The van der Waals surface area contributed by atoms with E-state index in [0.29, 0.717) is 0 Å². The maximum Gasteiger partial charge on any atom is 0.0110 e. The summed E-state index contributed by atoms with van der Waals surface area (Å²) in [6, 6.07) is 9.66. The van der Waals surface area contributed by atoms with E-state index in [1.165, 1.54) is 32.5 Å². The minimum atomic E-state index is 0.734. The van der Waals surface area contributed by atoms with E-state index >= 15 is 0 Å². The standard InChI is InChI=1S/C15H22N2/c1-12-6-7-16-8-9-17(12)11-14-10-13-4-2-3-5-15(13)14/h2-5,12,14,16H,6-11H2,1H3. The third-order valence-corrected chi connectivity index (χ3v) is 4.35. The van der Waals surface area contributed by atoms with Crippen LogP contribution in [0.1, 0.15) is 30.4 Å². The Kier molecular flexibility index (Phi) is 3.17.